The molecule has 0 aliphatic rings. The van der Waals surface area contributed by atoms with Crippen molar-refractivity contribution >= 4 is 11.8 Å². The number of carbonyl (C=O) groups excluding carboxylic acids is 2. The lowest BCUT2D eigenvalue weighted by molar-refractivity contribution is -0.0498. The summed E-state index contributed by atoms with van der Waals surface area (Å²) >= 11 is 0. The van der Waals surface area contributed by atoms with E-state index in [0.29, 0.717) is 28.4 Å². The van der Waals surface area contributed by atoms with Crippen molar-refractivity contribution in [3.05, 3.63) is 82.7 Å². The van der Waals surface area contributed by atoms with Crippen LogP contribution < -0.4 is 4.74 Å². The summed E-state index contributed by atoms with van der Waals surface area (Å²) in [7, 11) is 0. The molecule has 0 bridgehead atoms. The minimum atomic E-state index is -2.90. The topological polar surface area (TPSA) is 57.5 Å². The second-order valence-corrected chi connectivity index (χ2v) is 8.18. The lowest BCUT2D eigenvalue weighted by atomic mass is 10.0. The van der Waals surface area contributed by atoms with Crippen molar-refractivity contribution in [2.75, 3.05) is 0 Å². The number of esters is 1. The van der Waals surface area contributed by atoms with Crippen molar-refractivity contribution in [1.82, 2.24) is 4.57 Å². The maximum absolute atomic E-state index is 13.1. The Hall–Kier alpha value is -3.48. The Morgan fingerprint density at radius 2 is 1.52 bits per heavy atom. The SMILES string of the molecule is Cc1cc(C(=O)C(C)OC(=O)c2ccc(C(C)C)cc2)c(C)n1-c1ccc(OC(F)F)cc1. The third-order valence-corrected chi connectivity index (χ3v) is 5.48. The first-order chi connectivity index (χ1) is 15.6. The van der Waals surface area contributed by atoms with Gasteiger partial charge in [-0.3, -0.25) is 4.79 Å². The van der Waals surface area contributed by atoms with E-state index >= 15 is 0 Å². The third-order valence-electron chi connectivity index (χ3n) is 5.48. The van der Waals surface area contributed by atoms with Crippen molar-refractivity contribution in [1.29, 1.82) is 0 Å². The summed E-state index contributed by atoms with van der Waals surface area (Å²) in [6.45, 7) is 6.40. The van der Waals surface area contributed by atoms with Crippen LogP contribution in [0.4, 0.5) is 8.78 Å². The van der Waals surface area contributed by atoms with Crippen LogP contribution >= 0.6 is 0 Å². The van der Waals surface area contributed by atoms with Gasteiger partial charge in [-0.25, -0.2) is 4.79 Å². The van der Waals surface area contributed by atoms with Crippen molar-refractivity contribution in [3.8, 4) is 11.4 Å². The summed E-state index contributed by atoms with van der Waals surface area (Å²) < 4.78 is 36.4. The average Bonchev–Trinajstić information content (AvgIpc) is 3.07. The molecule has 0 radical (unpaired) electrons. The number of Topliss-reactive ketones (excluding diaryl/α,β-unsaturated/α-hetero) is 1. The Labute approximate surface area is 191 Å². The summed E-state index contributed by atoms with van der Waals surface area (Å²) in [4.78, 5) is 25.6. The molecule has 1 aromatic heterocycles. The van der Waals surface area contributed by atoms with Crippen molar-refractivity contribution < 1.29 is 27.8 Å². The molecule has 5 nitrogen and oxygen atoms in total. The number of rotatable bonds is 8. The fraction of sp³-hybridized carbons (Fsp3) is 0.308. The third kappa shape index (κ3) is 5.48. The van der Waals surface area contributed by atoms with Crippen LogP contribution in [0.25, 0.3) is 5.69 Å². The quantitative estimate of drug-likeness (QED) is 0.298. The zero-order chi connectivity index (χ0) is 24.3. The van der Waals surface area contributed by atoms with Gasteiger partial charge in [-0.1, -0.05) is 26.0 Å². The van der Waals surface area contributed by atoms with E-state index in [1.54, 1.807) is 44.2 Å². The van der Waals surface area contributed by atoms with E-state index in [-0.39, 0.29) is 11.5 Å². The van der Waals surface area contributed by atoms with E-state index in [9.17, 15) is 18.4 Å². The van der Waals surface area contributed by atoms with Crippen molar-refractivity contribution in [3.63, 3.8) is 0 Å². The van der Waals surface area contributed by atoms with Crippen molar-refractivity contribution in [2.45, 2.75) is 53.3 Å². The minimum absolute atomic E-state index is 0.0504. The summed E-state index contributed by atoms with van der Waals surface area (Å²) in [5, 5.41) is 0. The Kier molecular flexibility index (Phi) is 7.31. The number of aromatic nitrogens is 1. The first-order valence-corrected chi connectivity index (χ1v) is 10.7. The molecular weight excluding hydrogens is 428 g/mol. The predicted molar refractivity (Wildman–Crippen MR) is 122 cm³/mol. The highest BCUT2D eigenvalue weighted by Crippen LogP contribution is 2.25. The first-order valence-electron chi connectivity index (χ1n) is 10.7. The van der Waals surface area contributed by atoms with Gasteiger partial charge in [0.15, 0.2) is 6.10 Å². The summed E-state index contributed by atoms with van der Waals surface area (Å²) in [5.74, 6) is -0.484. The Morgan fingerprint density at radius 1 is 0.909 bits per heavy atom. The van der Waals surface area contributed by atoms with Crippen LogP contribution in [0, 0.1) is 13.8 Å². The molecule has 1 atom stereocenters. The van der Waals surface area contributed by atoms with E-state index in [1.807, 2.05) is 23.6 Å². The highest BCUT2D eigenvalue weighted by atomic mass is 19.3. The number of nitrogens with zero attached hydrogens (tertiary/aromatic N) is 1. The smallest absolute Gasteiger partial charge is 0.387 e. The summed E-state index contributed by atoms with van der Waals surface area (Å²) in [5.41, 5.74) is 4.05. The zero-order valence-electron chi connectivity index (χ0n) is 19.3. The number of alkyl halides is 2. The largest absolute Gasteiger partial charge is 0.451 e. The number of hydrogen-bond donors (Lipinski definition) is 0. The Bertz CT molecular complexity index is 1130. The van der Waals surface area contributed by atoms with Crippen molar-refractivity contribution in [2.24, 2.45) is 0 Å². The fourth-order valence-corrected chi connectivity index (χ4v) is 3.69. The van der Waals surface area contributed by atoms with Crippen LogP contribution in [0.5, 0.6) is 5.75 Å². The Balaban J connectivity index is 1.76. The molecule has 174 valence electrons. The van der Waals surface area contributed by atoms with Crippen LogP contribution in [0.2, 0.25) is 0 Å². The molecule has 2 aromatic carbocycles. The minimum Gasteiger partial charge on any atom is -0.451 e. The van der Waals surface area contributed by atoms with Gasteiger partial charge >= 0.3 is 12.6 Å². The molecule has 0 saturated heterocycles. The summed E-state index contributed by atoms with van der Waals surface area (Å²) in [6, 6.07) is 15.0. The number of aryl methyl sites for hydroxylation is 1. The van der Waals surface area contributed by atoms with Gasteiger partial charge in [0.1, 0.15) is 5.75 Å². The molecule has 0 saturated carbocycles. The van der Waals surface area contributed by atoms with Gasteiger partial charge in [0, 0.05) is 22.6 Å². The van der Waals surface area contributed by atoms with E-state index < -0.39 is 18.7 Å². The zero-order valence-corrected chi connectivity index (χ0v) is 19.3. The molecule has 0 aliphatic heterocycles. The molecule has 1 heterocycles. The number of hydrogen-bond acceptors (Lipinski definition) is 4. The maximum Gasteiger partial charge on any atom is 0.387 e. The molecule has 0 fully saturated rings. The number of benzene rings is 2. The molecule has 3 rings (SSSR count). The van der Waals surface area contributed by atoms with Crippen LogP contribution in [-0.2, 0) is 4.74 Å². The number of halogens is 2. The lowest BCUT2D eigenvalue weighted by Crippen LogP contribution is -2.25. The van der Waals surface area contributed by atoms with Crippen LogP contribution in [0.3, 0.4) is 0 Å². The lowest BCUT2D eigenvalue weighted by Gasteiger charge is -2.14. The highest BCUT2D eigenvalue weighted by Gasteiger charge is 2.25. The second kappa shape index (κ2) is 9.98. The Morgan fingerprint density at radius 3 is 2.06 bits per heavy atom. The molecule has 33 heavy (non-hydrogen) atoms. The second-order valence-electron chi connectivity index (χ2n) is 8.18. The number of carbonyl (C=O) groups is 2. The number of ether oxygens (including phenoxy) is 2. The highest BCUT2D eigenvalue weighted by molar-refractivity contribution is 6.02. The van der Waals surface area contributed by atoms with Crippen LogP contribution in [0.15, 0.2) is 54.6 Å². The molecule has 3 aromatic rings. The molecule has 0 aliphatic carbocycles. The van der Waals surface area contributed by atoms with Crippen LogP contribution in [0.1, 0.15) is 64.4 Å². The normalized spacial score (nSPS) is 12.2. The van der Waals surface area contributed by atoms with E-state index in [2.05, 4.69) is 18.6 Å². The standard InChI is InChI=1S/C26H27F2NO4/c1-15(2)19-6-8-20(9-7-19)25(31)32-18(5)24(30)23-14-16(3)29(17(23)4)21-10-12-22(13-11-21)33-26(27)28/h6-15,18,26H,1-5H3. The average molecular weight is 456 g/mol. The molecule has 0 spiro atoms. The number of ketones is 1. The van der Waals surface area contributed by atoms with E-state index in [4.69, 9.17) is 4.74 Å². The molecule has 1 unspecified atom stereocenters. The molecular formula is C26H27F2NO4. The van der Waals surface area contributed by atoms with Gasteiger partial charge in [-0.05, 0) is 74.7 Å². The predicted octanol–water partition coefficient (Wildman–Crippen LogP) is 6.25. The maximum atomic E-state index is 13.1. The van der Waals surface area contributed by atoms with Gasteiger partial charge < -0.3 is 14.0 Å². The fourth-order valence-electron chi connectivity index (χ4n) is 3.69. The van der Waals surface area contributed by atoms with E-state index in [0.717, 1.165) is 11.3 Å². The monoisotopic (exact) mass is 455 g/mol. The molecule has 0 amide bonds. The molecule has 0 N–H and O–H groups in total. The van der Waals surface area contributed by atoms with Crippen LogP contribution in [-0.4, -0.2) is 29.0 Å². The summed E-state index contributed by atoms with van der Waals surface area (Å²) in [6.07, 6.45) is -0.974. The molecule has 7 heteroatoms. The van der Waals surface area contributed by atoms with Gasteiger partial charge in [-0.15, -0.1) is 0 Å². The first kappa shape index (κ1) is 24.2. The van der Waals surface area contributed by atoms with E-state index in [1.165, 1.54) is 12.1 Å². The van der Waals surface area contributed by atoms with Gasteiger partial charge in [0.05, 0.1) is 5.56 Å². The van der Waals surface area contributed by atoms with Gasteiger partial charge in [-0.2, -0.15) is 8.78 Å². The van der Waals surface area contributed by atoms with Gasteiger partial charge in [0.2, 0.25) is 5.78 Å². The van der Waals surface area contributed by atoms with Gasteiger partial charge in [0.25, 0.3) is 0 Å².